The van der Waals surface area contributed by atoms with E-state index in [1.54, 1.807) is 6.07 Å². The highest BCUT2D eigenvalue weighted by Crippen LogP contribution is 2.27. The van der Waals surface area contributed by atoms with Gasteiger partial charge in [0.1, 0.15) is 11.0 Å². The first-order chi connectivity index (χ1) is 6.74. The fourth-order valence-corrected chi connectivity index (χ4v) is 2.41. The number of hydrogen-bond acceptors (Lipinski definition) is 2. The molecule has 1 aromatic rings. The van der Waals surface area contributed by atoms with Crippen molar-refractivity contribution in [1.29, 1.82) is 0 Å². The second-order valence-corrected chi connectivity index (χ2v) is 4.49. The zero-order valence-electron chi connectivity index (χ0n) is 8.46. The third-order valence-electron chi connectivity index (χ3n) is 2.82. The highest BCUT2D eigenvalue weighted by atomic mass is 35.5. The Morgan fingerprint density at radius 1 is 1.36 bits per heavy atom. The molecule has 1 aliphatic rings. The van der Waals surface area contributed by atoms with Crippen LogP contribution in [0.25, 0.3) is 0 Å². The van der Waals surface area contributed by atoms with Crippen LogP contribution in [0.3, 0.4) is 0 Å². The van der Waals surface area contributed by atoms with Crippen molar-refractivity contribution in [2.75, 3.05) is 0 Å². The maximum atomic E-state index is 5.88. The van der Waals surface area contributed by atoms with Gasteiger partial charge in [-0.15, -0.1) is 0 Å². The van der Waals surface area contributed by atoms with Crippen LogP contribution in [0, 0.1) is 12.8 Å². The van der Waals surface area contributed by atoms with Crippen molar-refractivity contribution in [3.8, 4) is 0 Å². The van der Waals surface area contributed by atoms with E-state index in [4.69, 9.17) is 11.6 Å². The smallest absolute Gasteiger partial charge is 0.133 e. The molecule has 3 heteroatoms. The summed E-state index contributed by atoms with van der Waals surface area (Å²) in [5, 5.41) is 0.575. The Labute approximate surface area is 89.7 Å². The molecule has 2 rings (SSSR count). The van der Waals surface area contributed by atoms with Gasteiger partial charge in [0.2, 0.25) is 0 Å². The summed E-state index contributed by atoms with van der Waals surface area (Å²) < 4.78 is 0. The molecule has 1 fully saturated rings. The van der Waals surface area contributed by atoms with Gasteiger partial charge >= 0.3 is 0 Å². The summed E-state index contributed by atoms with van der Waals surface area (Å²) in [6, 6.07) is 1.81. The first-order valence-electron chi connectivity index (χ1n) is 5.24. The minimum atomic E-state index is 0.575. The van der Waals surface area contributed by atoms with Crippen LogP contribution in [-0.4, -0.2) is 9.97 Å². The normalized spacial score (nSPS) is 17.6. The molecular weight excluding hydrogens is 196 g/mol. The van der Waals surface area contributed by atoms with Gasteiger partial charge in [-0.1, -0.05) is 37.3 Å². The van der Waals surface area contributed by atoms with E-state index in [2.05, 4.69) is 9.97 Å². The van der Waals surface area contributed by atoms with Crippen molar-refractivity contribution in [1.82, 2.24) is 9.97 Å². The standard InChI is InChI=1S/C11H15ClN2/c1-8-6-10(12)14-11(13-8)7-9-4-2-3-5-9/h6,9H,2-5,7H2,1H3. The predicted octanol–water partition coefficient (Wildman–Crippen LogP) is 3.17. The fraction of sp³-hybridized carbons (Fsp3) is 0.636. The van der Waals surface area contributed by atoms with Gasteiger partial charge in [0.25, 0.3) is 0 Å². The average molecular weight is 211 g/mol. The number of rotatable bonds is 2. The van der Waals surface area contributed by atoms with Gasteiger partial charge in [-0.3, -0.25) is 0 Å². The molecular formula is C11H15ClN2. The summed E-state index contributed by atoms with van der Waals surface area (Å²) in [7, 11) is 0. The lowest BCUT2D eigenvalue weighted by molar-refractivity contribution is 0.529. The summed E-state index contributed by atoms with van der Waals surface area (Å²) in [4.78, 5) is 8.65. The molecule has 76 valence electrons. The van der Waals surface area contributed by atoms with Crippen molar-refractivity contribution < 1.29 is 0 Å². The topological polar surface area (TPSA) is 25.8 Å². The number of hydrogen-bond donors (Lipinski definition) is 0. The molecule has 2 nitrogen and oxygen atoms in total. The van der Waals surface area contributed by atoms with Gasteiger partial charge in [-0.25, -0.2) is 9.97 Å². The van der Waals surface area contributed by atoms with Crippen molar-refractivity contribution in [2.24, 2.45) is 5.92 Å². The second kappa shape index (κ2) is 4.26. The van der Waals surface area contributed by atoms with Gasteiger partial charge in [0.15, 0.2) is 0 Å². The molecule has 0 aliphatic heterocycles. The van der Waals surface area contributed by atoms with E-state index < -0.39 is 0 Å². The van der Waals surface area contributed by atoms with Crippen molar-refractivity contribution in [2.45, 2.75) is 39.0 Å². The molecule has 0 radical (unpaired) electrons. The molecule has 0 atom stereocenters. The van der Waals surface area contributed by atoms with Crippen LogP contribution in [0.5, 0.6) is 0 Å². The van der Waals surface area contributed by atoms with E-state index in [-0.39, 0.29) is 0 Å². The summed E-state index contributed by atoms with van der Waals surface area (Å²) in [5.41, 5.74) is 0.970. The van der Waals surface area contributed by atoms with Crippen LogP contribution < -0.4 is 0 Å². The Kier molecular flexibility index (Phi) is 3.02. The fourth-order valence-electron chi connectivity index (χ4n) is 2.15. The van der Waals surface area contributed by atoms with E-state index >= 15 is 0 Å². The largest absolute Gasteiger partial charge is 0.238 e. The lowest BCUT2D eigenvalue weighted by Gasteiger charge is -2.07. The van der Waals surface area contributed by atoms with Crippen LogP contribution >= 0.6 is 11.6 Å². The van der Waals surface area contributed by atoms with Gasteiger partial charge < -0.3 is 0 Å². The zero-order valence-corrected chi connectivity index (χ0v) is 9.22. The molecule has 0 spiro atoms. The molecule has 1 saturated carbocycles. The van der Waals surface area contributed by atoms with Crippen molar-refractivity contribution >= 4 is 11.6 Å². The zero-order chi connectivity index (χ0) is 9.97. The number of aryl methyl sites for hydroxylation is 1. The molecule has 0 amide bonds. The van der Waals surface area contributed by atoms with E-state index in [0.29, 0.717) is 5.15 Å². The maximum absolute atomic E-state index is 5.88. The number of nitrogens with zero attached hydrogens (tertiary/aromatic N) is 2. The van der Waals surface area contributed by atoms with E-state index in [0.717, 1.165) is 23.9 Å². The first-order valence-corrected chi connectivity index (χ1v) is 5.62. The minimum Gasteiger partial charge on any atom is -0.238 e. The van der Waals surface area contributed by atoms with Gasteiger partial charge in [0, 0.05) is 12.1 Å². The molecule has 0 saturated heterocycles. The predicted molar refractivity (Wildman–Crippen MR) is 57.4 cm³/mol. The molecule has 14 heavy (non-hydrogen) atoms. The van der Waals surface area contributed by atoms with Gasteiger partial charge in [0.05, 0.1) is 0 Å². The molecule has 1 aliphatic carbocycles. The van der Waals surface area contributed by atoms with Crippen LogP contribution in [0.15, 0.2) is 6.07 Å². The summed E-state index contributed by atoms with van der Waals surface area (Å²) in [6.45, 7) is 1.96. The molecule has 0 bridgehead atoms. The quantitative estimate of drug-likeness (QED) is 0.701. The number of halogens is 1. The lowest BCUT2D eigenvalue weighted by Crippen LogP contribution is -2.04. The monoisotopic (exact) mass is 210 g/mol. The SMILES string of the molecule is Cc1cc(Cl)nc(CC2CCCC2)n1. The van der Waals surface area contributed by atoms with Gasteiger partial charge in [-0.05, 0) is 18.9 Å². The molecule has 0 unspecified atom stereocenters. The van der Waals surface area contributed by atoms with E-state index in [1.165, 1.54) is 25.7 Å². The molecule has 1 heterocycles. The molecule has 0 N–H and O–H groups in total. The minimum absolute atomic E-state index is 0.575. The maximum Gasteiger partial charge on any atom is 0.133 e. The highest BCUT2D eigenvalue weighted by molar-refractivity contribution is 6.29. The summed E-state index contributed by atoms with van der Waals surface area (Å²) in [6.07, 6.45) is 6.39. The Balaban J connectivity index is 2.07. The Morgan fingerprint density at radius 2 is 2.07 bits per heavy atom. The summed E-state index contributed by atoms with van der Waals surface area (Å²) in [5.74, 6) is 1.70. The van der Waals surface area contributed by atoms with E-state index in [1.807, 2.05) is 6.92 Å². The van der Waals surface area contributed by atoms with Crippen LogP contribution in [0.2, 0.25) is 5.15 Å². The highest BCUT2D eigenvalue weighted by Gasteiger charge is 2.16. The lowest BCUT2D eigenvalue weighted by atomic mass is 10.0. The van der Waals surface area contributed by atoms with E-state index in [9.17, 15) is 0 Å². The molecule has 1 aromatic heterocycles. The third-order valence-corrected chi connectivity index (χ3v) is 3.01. The Hall–Kier alpha value is -0.630. The Morgan fingerprint density at radius 3 is 2.71 bits per heavy atom. The molecule has 0 aromatic carbocycles. The first kappa shape index (κ1) is 9.91. The van der Waals surface area contributed by atoms with Crippen LogP contribution in [0.1, 0.15) is 37.2 Å². The van der Waals surface area contributed by atoms with Crippen LogP contribution in [-0.2, 0) is 6.42 Å². The number of aromatic nitrogens is 2. The third kappa shape index (κ3) is 2.44. The Bertz CT molecular complexity index is 299. The average Bonchev–Trinajstić information content (AvgIpc) is 2.54. The van der Waals surface area contributed by atoms with Gasteiger partial charge in [-0.2, -0.15) is 0 Å². The summed E-state index contributed by atoms with van der Waals surface area (Å²) >= 11 is 5.88. The van der Waals surface area contributed by atoms with Crippen molar-refractivity contribution in [3.05, 3.63) is 22.7 Å². The van der Waals surface area contributed by atoms with Crippen LogP contribution in [0.4, 0.5) is 0 Å². The second-order valence-electron chi connectivity index (χ2n) is 4.10. The van der Waals surface area contributed by atoms with Crippen molar-refractivity contribution in [3.63, 3.8) is 0 Å².